The van der Waals surface area contributed by atoms with Crippen LogP contribution < -0.4 is 10.2 Å². The highest BCUT2D eigenvalue weighted by Gasteiger charge is 2.41. The van der Waals surface area contributed by atoms with Crippen LogP contribution in [0.2, 0.25) is 0 Å². The molecule has 148 valence electrons. The number of fused-ring (bicyclic) bond motifs is 1. The summed E-state index contributed by atoms with van der Waals surface area (Å²) in [5.74, 6) is -2.99. The first-order chi connectivity index (χ1) is 13.1. The molecule has 1 aromatic heterocycles. The van der Waals surface area contributed by atoms with Gasteiger partial charge in [0.15, 0.2) is 0 Å². The predicted octanol–water partition coefficient (Wildman–Crippen LogP) is 3.85. The molecule has 0 bridgehead atoms. The van der Waals surface area contributed by atoms with Crippen molar-refractivity contribution in [2.24, 2.45) is 0 Å². The van der Waals surface area contributed by atoms with Crippen LogP contribution in [0.15, 0.2) is 30.5 Å². The zero-order valence-corrected chi connectivity index (χ0v) is 16.0. The molecule has 1 unspecified atom stereocenters. The third-order valence-corrected chi connectivity index (χ3v) is 4.34. The third kappa shape index (κ3) is 4.47. The highest BCUT2D eigenvalue weighted by atomic mass is 19.3. The van der Waals surface area contributed by atoms with E-state index in [9.17, 15) is 18.8 Å². The maximum Gasteiger partial charge on any atom is 0.407 e. The van der Waals surface area contributed by atoms with Crippen molar-refractivity contribution < 1.29 is 18.3 Å². The van der Waals surface area contributed by atoms with Gasteiger partial charge in [-0.15, -0.1) is 0 Å². The number of nitrogens with one attached hydrogen (secondary N) is 1. The van der Waals surface area contributed by atoms with Gasteiger partial charge in [-0.3, -0.25) is 4.98 Å². The molecular weight excluding hydrogens is 366 g/mol. The molecule has 1 aliphatic rings. The van der Waals surface area contributed by atoms with Crippen molar-refractivity contribution in [2.75, 3.05) is 18.0 Å². The summed E-state index contributed by atoms with van der Waals surface area (Å²) in [6.07, 6.45) is 0.376. The van der Waals surface area contributed by atoms with Gasteiger partial charge in [-0.05, 0) is 45.0 Å². The molecule has 0 spiro atoms. The lowest BCUT2D eigenvalue weighted by Gasteiger charge is -2.39. The van der Waals surface area contributed by atoms with Crippen LogP contribution in [0.25, 0.3) is 10.9 Å². The number of pyridine rings is 1. The number of amides is 1. The normalized spacial score (nSPS) is 19.1. The number of carbonyl (C=O) groups is 1. The van der Waals surface area contributed by atoms with Gasteiger partial charge in [0, 0.05) is 30.2 Å². The van der Waals surface area contributed by atoms with Crippen LogP contribution >= 0.6 is 0 Å². The van der Waals surface area contributed by atoms with Gasteiger partial charge in [0.2, 0.25) is 0 Å². The van der Waals surface area contributed by atoms with Crippen molar-refractivity contribution in [3.05, 3.63) is 36.0 Å². The van der Waals surface area contributed by atoms with Crippen molar-refractivity contribution in [1.29, 1.82) is 5.26 Å². The third-order valence-electron chi connectivity index (χ3n) is 4.34. The first kappa shape index (κ1) is 19.8. The minimum absolute atomic E-state index is 0.199. The number of hydrogen-bond acceptors (Lipinski definition) is 5. The summed E-state index contributed by atoms with van der Waals surface area (Å²) in [6, 6.07) is 7.97. The van der Waals surface area contributed by atoms with Gasteiger partial charge in [-0.1, -0.05) is 0 Å². The highest BCUT2D eigenvalue weighted by molar-refractivity contribution is 5.95. The number of aromatic nitrogens is 1. The van der Waals surface area contributed by atoms with Crippen molar-refractivity contribution in [2.45, 2.75) is 44.8 Å². The van der Waals surface area contributed by atoms with E-state index in [1.807, 2.05) is 0 Å². The number of piperidine rings is 1. The molecule has 1 saturated heterocycles. The van der Waals surface area contributed by atoms with Crippen LogP contribution in [0.5, 0.6) is 0 Å². The maximum atomic E-state index is 14.4. The van der Waals surface area contributed by atoms with E-state index in [-0.39, 0.29) is 6.54 Å². The zero-order chi connectivity index (χ0) is 20.5. The van der Waals surface area contributed by atoms with Gasteiger partial charge in [0.1, 0.15) is 11.7 Å². The van der Waals surface area contributed by atoms with Gasteiger partial charge >= 0.3 is 6.09 Å². The van der Waals surface area contributed by atoms with Crippen LogP contribution in [0.3, 0.4) is 0 Å². The molecule has 6 nitrogen and oxygen atoms in total. The van der Waals surface area contributed by atoms with Crippen LogP contribution in [0.1, 0.15) is 32.8 Å². The number of halogens is 2. The van der Waals surface area contributed by atoms with Crippen LogP contribution in [-0.2, 0) is 4.74 Å². The Hall–Kier alpha value is -2.95. The minimum atomic E-state index is -2.99. The van der Waals surface area contributed by atoms with Crippen molar-refractivity contribution in [3.63, 3.8) is 0 Å². The number of ether oxygens (including phenoxy) is 1. The molecule has 8 heteroatoms. The van der Waals surface area contributed by atoms with Crippen molar-refractivity contribution in [3.8, 4) is 6.07 Å². The smallest absolute Gasteiger partial charge is 0.407 e. The number of alkyl carbamates (subject to hydrolysis) is 1. The van der Waals surface area contributed by atoms with E-state index in [2.05, 4.69) is 16.4 Å². The average molecular weight is 388 g/mol. The van der Waals surface area contributed by atoms with Crippen LogP contribution in [-0.4, -0.2) is 41.7 Å². The number of rotatable bonds is 2. The minimum Gasteiger partial charge on any atom is -0.444 e. The Bertz CT molecular complexity index is 934. The molecule has 0 aliphatic carbocycles. The largest absolute Gasteiger partial charge is 0.444 e. The number of nitrogens with zero attached hydrogens (tertiary/aromatic N) is 3. The Balaban J connectivity index is 1.89. The van der Waals surface area contributed by atoms with Crippen LogP contribution in [0.4, 0.5) is 19.3 Å². The summed E-state index contributed by atoms with van der Waals surface area (Å²) < 4.78 is 34.0. The van der Waals surface area contributed by atoms with E-state index < -0.39 is 36.6 Å². The quantitative estimate of drug-likeness (QED) is 0.846. The van der Waals surface area contributed by atoms with E-state index in [1.165, 1.54) is 4.90 Å². The first-order valence-corrected chi connectivity index (χ1v) is 8.98. The summed E-state index contributed by atoms with van der Waals surface area (Å²) in [6.45, 7) is 4.86. The van der Waals surface area contributed by atoms with Gasteiger partial charge in [0.05, 0.1) is 23.7 Å². The number of nitriles is 1. The fourth-order valence-electron chi connectivity index (χ4n) is 3.38. The highest BCUT2D eigenvalue weighted by Crippen LogP contribution is 2.34. The van der Waals surface area contributed by atoms with E-state index in [0.29, 0.717) is 22.2 Å². The first-order valence-electron chi connectivity index (χ1n) is 8.98. The summed E-state index contributed by atoms with van der Waals surface area (Å²) in [5, 5.41) is 12.4. The molecule has 1 N–H and O–H groups in total. The standard InChI is InChI=1S/C20H22F2N4O2/c1-19(2,3)28-18(27)25-14-9-20(21,22)12-26(11-14)16-7-6-13(10-23)17-15(16)5-4-8-24-17/h4-8,14H,9,11-12H2,1-3H3,(H,25,27). The fourth-order valence-corrected chi connectivity index (χ4v) is 3.38. The summed E-state index contributed by atoms with van der Waals surface area (Å²) >= 11 is 0. The number of carbonyl (C=O) groups excluding carboxylic acids is 1. The number of hydrogen-bond donors (Lipinski definition) is 1. The summed E-state index contributed by atoms with van der Waals surface area (Å²) in [7, 11) is 0. The van der Waals surface area contributed by atoms with Gasteiger partial charge in [0.25, 0.3) is 5.92 Å². The SMILES string of the molecule is CC(C)(C)OC(=O)NC1CN(c2ccc(C#N)c3ncccc23)CC(F)(F)C1. The second-order valence-corrected chi connectivity index (χ2v) is 7.93. The lowest BCUT2D eigenvalue weighted by molar-refractivity contribution is -0.0229. The molecular formula is C20H22F2N4O2. The molecule has 1 amide bonds. The number of benzene rings is 1. The number of alkyl halides is 2. The average Bonchev–Trinajstić information content (AvgIpc) is 2.57. The molecule has 3 rings (SSSR count). The molecule has 0 saturated carbocycles. The van der Waals surface area contributed by atoms with E-state index in [4.69, 9.17) is 4.74 Å². The number of anilines is 1. The molecule has 1 fully saturated rings. The van der Waals surface area contributed by atoms with Gasteiger partial charge in [-0.2, -0.15) is 5.26 Å². The Morgan fingerprint density at radius 2 is 2.14 bits per heavy atom. The summed E-state index contributed by atoms with van der Waals surface area (Å²) in [5.41, 5.74) is 0.688. The van der Waals surface area contributed by atoms with Gasteiger partial charge < -0.3 is 15.0 Å². The molecule has 2 heterocycles. The van der Waals surface area contributed by atoms with Crippen LogP contribution in [0, 0.1) is 11.3 Å². The Morgan fingerprint density at radius 3 is 2.82 bits per heavy atom. The second kappa shape index (κ2) is 7.23. The molecule has 0 radical (unpaired) electrons. The molecule has 1 aliphatic heterocycles. The van der Waals surface area contributed by atoms with Crippen molar-refractivity contribution >= 4 is 22.7 Å². The van der Waals surface area contributed by atoms with E-state index in [1.54, 1.807) is 51.2 Å². The van der Waals surface area contributed by atoms with Gasteiger partial charge in [-0.25, -0.2) is 13.6 Å². The zero-order valence-electron chi connectivity index (χ0n) is 16.0. The fraction of sp³-hybridized carbons (Fsp3) is 0.450. The molecule has 2 aromatic rings. The Kier molecular flexibility index (Phi) is 5.11. The Labute approximate surface area is 162 Å². The maximum absolute atomic E-state index is 14.4. The van der Waals surface area contributed by atoms with Crippen molar-refractivity contribution in [1.82, 2.24) is 10.3 Å². The lowest BCUT2D eigenvalue weighted by atomic mass is 9.99. The molecule has 1 atom stereocenters. The molecule has 1 aromatic carbocycles. The Morgan fingerprint density at radius 1 is 1.39 bits per heavy atom. The second-order valence-electron chi connectivity index (χ2n) is 7.93. The summed E-state index contributed by atoms with van der Waals surface area (Å²) in [4.78, 5) is 17.8. The lowest BCUT2D eigenvalue weighted by Crippen LogP contribution is -2.56. The van der Waals surface area contributed by atoms with E-state index in [0.717, 1.165) is 0 Å². The van der Waals surface area contributed by atoms with E-state index >= 15 is 0 Å². The molecule has 28 heavy (non-hydrogen) atoms. The topological polar surface area (TPSA) is 78.2 Å². The predicted molar refractivity (Wildman–Crippen MR) is 101 cm³/mol. The monoisotopic (exact) mass is 388 g/mol.